The molecular weight excluding hydrogens is 186 g/mol. The van der Waals surface area contributed by atoms with Crippen molar-refractivity contribution in [1.29, 1.82) is 0 Å². The van der Waals surface area contributed by atoms with Crippen LogP contribution in [0, 0.1) is 0 Å². The topological polar surface area (TPSA) is 29.0 Å². The number of aromatic nitrogens is 2. The van der Waals surface area contributed by atoms with Gasteiger partial charge in [-0.2, -0.15) is 0 Å². The smallest absolute Gasteiger partial charge is 0.225 e. The third-order valence-corrected chi connectivity index (χ3v) is 1.96. The Bertz CT molecular complexity index is 248. The Hall–Kier alpha value is -0.830. The molecule has 0 unspecified atom stereocenters. The zero-order valence-electron chi connectivity index (χ0n) is 8.00. The molecule has 0 aliphatic heterocycles. The van der Waals surface area contributed by atoms with Gasteiger partial charge in [-0.25, -0.2) is 9.97 Å². The van der Waals surface area contributed by atoms with Gasteiger partial charge in [0.1, 0.15) is 0 Å². The van der Waals surface area contributed by atoms with Gasteiger partial charge in [-0.1, -0.05) is 18.5 Å². The number of nitrogens with zero attached hydrogens (tertiary/aromatic N) is 3. The van der Waals surface area contributed by atoms with Gasteiger partial charge in [0.05, 0.1) is 17.4 Å². The molecule has 72 valence electrons. The van der Waals surface area contributed by atoms with Gasteiger partial charge in [0.15, 0.2) is 0 Å². The summed E-state index contributed by atoms with van der Waals surface area (Å²) in [6, 6.07) is 0. The average molecular weight is 200 g/mol. The van der Waals surface area contributed by atoms with Crippen LogP contribution in [0.5, 0.6) is 0 Å². The normalized spacial score (nSPS) is 10.1. The molecule has 0 spiro atoms. The highest BCUT2D eigenvalue weighted by atomic mass is 35.5. The fraction of sp³-hybridized carbons (Fsp3) is 0.556. The maximum atomic E-state index is 5.69. The van der Waals surface area contributed by atoms with Gasteiger partial charge in [0.25, 0.3) is 0 Å². The number of hydrogen-bond donors (Lipinski definition) is 0. The van der Waals surface area contributed by atoms with E-state index in [4.69, 9.17) is 11.6 Å². The van der Waals surface area contributed by atoms with Crippen LogP contribution in [0.15, 0.2) is 12.4 Å². The van der Waals surface area contributed by atoms with Crippen LogP contribution in [-0.2, 0) is 0 Å². The molecule has 3 nitrogen and oxygen atoms in total. The Kier molecular flexibility index (Phi) is 3.96. The van der Waals surface area contributed by atoms with E-state index in [1.54, 1.807) is 12.4 Å². The molecule has 0 aliphatic rings. The Morgan fingerprint density at radius 2 is 1.92 bits per heavy atom. The second kappa shape index (κ2) is 5.02. The van der Waals surface area contributed by atoms with E-state index in [-0.39, 0.29) is 0 Å². The fourth-order valence-corrected chi connectivity index (χ4v) is 1.24. The van der Waals surface area contributed by atoms with Gasteiger partial charge in [-0.3, -0.25) is 0 Å². The maximum Gasteiger partial charge on any atom is 0.225 e. The quantitative estimate of drug-likeness (QED) is 0.746. The third-order valence-electron chi connectivity index (χ3n) is 1.76. The molecule has 0 bridgehead atoms. The van der Waals surface area contributed by atoms with Crippen molar-refractivity contribution in [1.82, 2.24) is 9.97 Å². The van der Waals surface area contributed by atoms with Crippen molar-refractivity contribution in [3.05, 3.63) is 17.4 Å². The van der Waals surface area contributed by atoms with Crippen molar-refractivity contribution in [2.75, 3.05) is 18.0 Å². The Balaban J connectivity index is 2.73. The molecule has 1 rings (SSSR count). The minimum absolute atomic E-state index is 0.580. The van der Waals surface area contributed by atoms with Crippen LogP contribution in [0.1, 0.15) is 20.3 Å². The molecule has 0 amide bonds. The molecule has 0 atom stereocenters. The Morgan fingerprint density at radius 1 is 1.31 bits per heavy atom. The molecule has 0 saturated carbocycles. The second-order valence-electron chi connectivity index (χ2n) is 2.78. The highest BCUT2D eigenvalue weighted by Gasteiger charge is 2.04. The van der Waals surface area contributed by atoms with Crippen LogP contribution in [0.2, 0.25) is 5.02 Å². The van der Waals surface area contributed by atoms with Crippen LogP contribution in [0.3, 0.4) is 0 Å². The summed E-state index contributed by atoms with van der Waals surface area (Å²) in [4.78, 5) is 10.4. The van der Waals surface area contributed by atoms with Crippen LogP contribution in [0.25, 0.3) is 0 Å². The van der Waals surface area contributed by atoms with E-state index in [0.29, 0.717) is 5.02 Å². The maximum absolute atomic E-state index is 5.69. The largest absolute Gasteiger partial charge is 0.341 e. The monoisotopic (exact) mass is 199 g/mol. The van der Waals surface area contributed by atoms with E-state index in [0.717, 1.165) is 25.5 Å². The van der Waals surface area contributed by atoms with Gasteiger partial charge in [-0.05, 0) is 13.3 Å². The molecular formula is C9H14ClN3. The van der Waals surface area contributed by atoms with Gasteiger partial charge >= 0.3 is 0 Å². The molecule has 0 saturated heterocycles. The molecule has 0 aliphatic carbocycles. The Labute approximate surface area is 83.8 Å². The Morgan fingerprint density at radius 3 is 2.38 bits per heavy atom. The van der Waals surface area contributed by atoms with Crippen LogP contribution < -0.4 is 4.90 Å². The summed E-state index contributed by atoms with van der Waals surface area (Å²) in [6.45, 7) is 6.14. The van der Waals surface area contributed by atoms with E-state index >= 15 is 0 Å². The van der Waals surface area contributed by atoms with Crippen molar-refractivity contribution in [3.63, 3.8) is 0 Å². The van der Waals surface area contributed by atoms with E-state index in [1.165, 1.54) is 0 Å². The molecule has 1 aromatic rings. The van der Waals surface area contributed by atoms with Crippen LogP contribution in [-0.4, -0.2) is 23.1 Å². The summed E-state index contributed by atoms with van der Waals surface area (Å²) < 4.78 is 0. The number of hydrogen-bond acceptors (Lipinski definition) is 3. The van der Waals surface area contributed by atoms with E-state index in [9.17, 15) is 0 Å². The van der Waals surface area contributed by atoms with Gasteiger partial charge in [0.2, 0.25) is 5.95 Å². The standard InChI is InChI=1S/C9H14ClN3/c1-3-5-13(4-2)9-11-6-8(10)7-12-9/h6-7H,3-5H2,1-2H3. The first-order valence-electron chi connectivity index (χ1n) is 4.50. The number of rotatable bonds is 4. The molecule has 1 aromatic heterocycles. The number of halogens is 1. The summed E-state index contributed by atoms with van der Waals surface area (Å²) in [7, 11) is 0. The summed E-state index contributed by atoms with van der Waals surface area (Å²) in [5.41, 5.74) is 0. The lowest BCUT2D eigenvalue weighted by Crippen LogP contribution is -2.25. The second-order valence-corrected chi connectivity index (χ2v) is 3.22. The zero-order chi connectivity index (χ0) is 9.68. The molecule has 0 radical (unpaired) electrons. The predicted molar refractivity (Wildman–Crippen MR) is 55.2 cm³/mol. The lowest BCUT2D eigenvalue weighted by molar-refractivity contribution is 0.762. The fourth-order valence-electron chi connectivity index (χ4n) is 1.14. The molecule has 0 fully saturated rings. The highest BCUT2D eigenvalue weighted by Crippen LogP contribution is 2.09. The van der Waals surface area contributed by atoms with Crippen molar-refractivity contribution in [2.24, 2.45) is 0 Å². The molecule has 13 heavy (non-hydrogen) atoms. The highest BCUT2D eigenvalue weighted by molar-refractivity contribution is 6.30. The lowest BCUT2D eigenvalue weighted by Gasteiger charge is -2.19. The lowest BCUT2D eigenvalue weighted by atomic mass is 10.4. The van der Waals surface area contributed by atoms with Crippen molar-refractivity contribution in [2.45, 2.75) is 20.3 Å². The van der Waals surface area contributed by atoms with Gasteiger partial charge in [-0.15, -0.1) is 0 Å². The van der Waals surface area contributed by atoms with Crippen molar-refractivity contribution < 1.29 is 0 Å². The van der Waals surface area contributed by atoms with E-state index in [2.05, 4.69) is 28.7 Å². The summed E-state index contributed by atoms with van der Waals surface area (Å²) in [5, 5.41) is 0.580. The third kappa shape index (κ3) is 2.84. The molecule has 0 aromatic carbocycles. The van der Waals surface area contributed by atoms with Crippen LogP contribution in [0.4, 0.5) is 5.95 Å². The minimum atomic E-state index is 0.580. The number of anilines is 1. The van der Waals surface area contributed by atoms with Gasteiger partial charge < -0.3 is 4.90 Å². The van der Waals surface area contributed by atoms with Crippen LogP contribution >= 0.6 is 11.6 Å². The zero-order valence-corrected chi connectivity index (χ0v) is 8.75. The van der Waals surface area contributed by atoms with Crippen molar-refractivity contribution in [3.8, 4) is 0 Å². The molecule has 0 N–H and O–H groups in total. The predicted octanol–water partition coefficient (Wildman–Crippen LogP) is 2.37. The molecule has 1 heterocycles. The summed E-state index contributed by atoms with van der Waals surface area (Å²) in [6.07, 6.45) is 4.35. The average Bonchev–Trinajstić information content (AvgIpc) is 2.16. The summed E-state index contributed by atoms with van der Waals surface area (Å²) >= 11 is 5.69. The summed E-state index contributed by atoms with van der Waals surface area (Å²) in [5.74, 6) is 0.758. The minimum Gasteiger partial charge on any atom is -0.341 e. The first kappa shape index (κ1) is 10.3. The molecule has 4 heteroatoms. The SMILES string of the molecule is CCCN(CC)c1ncc(Cl)cn1. The van der Waals surface area contributed by atoms with Gasteiger partial charge in [0, 0.05) is 13.1 Å². The first-order valence-corrected chi connectivity index (χ1v) is 4.88. The van der Waals surface area contributed by atoms with E-state index < -0.39 is 0 Å². The first-order chi connectivity index (χ1) is 6.27. The van der Waals surface area contributed by atoms with Crippen molar-refractivity contribution >= 4 is 17.5 Å². The van der Waals surface area contributed by atoms with E-state index in [1.807, 2.05) is 0 Å².